The molecule has 2 heterocycles. The van der Waals surface area contributed by atoms with Crippen LogP contribution >= 0.6 is 0 Å². The highest BCUT2D eigenvalue weighted by molar-refractivity contribution is 5.71. The molecule has 2 aromatic heterocycles. The summed E-state index contributed by atoms with van der Waals surface area (Å²) in [5.74, 6) is 0. The molecule has 0 radical (unpaired) electrons. The summed E-state index contributed by atoms with van der Waals surface area (Å²) >= 11 is 0. The molecule has 3 rings (SSSR count). The molecular weight excluding hydrogens is 242 g/mol. The van der Waals surface area contributed by atoms with Gasteiger partial charge in [0.15, 0.2) is 11.2 Å². The van der Waals surface area contributed by atoms with E-state index in [4.69, 9.17) is 0 Å². The number of aromatic amines is 1. The van der Waals surface area contributed by atoms with Crippen molar-refractivity contribution in [3.63, 3.8) is 0 Å². The number of nitrogens with one attached hydrogen (secondary N) is 1. The van der Waals surface area contributed by atoms with Crippen LogP contribution in [0, 0.1) is 20.8 Å². The van der Waals surface area contributed by atoms with Crippen LogP contribution in [0.5, 0.6) is 0 Å². The molecule has 19 heavy (non-hydrogen) atoms. The predicted octanol–water partition coefficient (Wildman–Crippen LogP) is 1.43. The van der Waals surface area contributed by atoms with Gasteiger partial charge in [-0.3, -0.25) is 4.79 Å². The summed E-state index contributed by atoms with van der Waals surface area (Å²) in [5, 5.41) is 7.97. The van der Waals surface area contributed by atoms with E-state index in [9.17, 15) is 4.79 Å². The fourth-order valence-corrected chi connectivity index (χ4v) is 2.42. The Balaban J connectivity index is 2.38. The standard InChI is InChI=1S/C13H13N5O/c1-7-4-8(2)11(9(3)5-7)18-12-10(16-17-18)13(19)15-6-14-12/h4-6H,1-3H3,(H,14,15,19). The average Bonchev–Trinajstić information content (AvgIpc) is 2.73. The molecule has 1 N–H and O–H groups in total. The zero-order valence-electron chi connectivity index (χ0n) is 10.9. The van der Waals surface area contributed by atoms with Crippen molar-refractivity contribution in [3.05, 3.63) is 45.5 Å². The second-order valence-electron chi connectivity index (χ2n) is 4.65. The Bertz CT molecular complexity index is 807. The Labute approximate surface area is 109 Å². The molecule has 0 aliphatic heterocycles. The van der Waals surface area contributed by atoms with E-state index in [1.54, 1.807) is 4.68 Å². The summed E-state index contributed by atoms with van der Waals surface area (Å²) < 4.78 is 1.62. The molecule has 0 fully saturated rings. The molecule has 0 bridgehead atoms. The smallest absolute Gasteiger partial charge is 0.280 e. The van der Waals surface area contributed by atoms with Gasteiger partial charge in [-0.05, 0) is 31.9 Å². The number of rotatable bonds is 1. The summed E-state index contributed by atoms with van der Waals surface area (Å²) in [5.41, 5.74) is 4.71. The largest absolute Gasteiger partial charge is 0.311 e. The number of H-pyrrole nitrogens is 1. The Morgan fingerprint density at radius 1 is 1.16 bits per heavy atom. The van der Waals surface area contributed by atoms with Gasteiger partial charge in [0.1, 0.15) is 0 Å². The second-order valence-corrected chi connectivity index (χ2v) is 4.65. The minimum atomic E-state index is -0.279. The van der Waals surface area contributed by atoms with Gasteiger partial charge >= 0.3 is 0 Å². The van der Waals surface area contributed by atoms with Crippen molar-refractivity contribution in [1.29, 1.82) is 0 Å². The number of aromatic nitrogens is 5. The van der Waals surface area contributed by atoms with Crippen LogP contribution in [0.3, 0.4) is 0 Å². The van der Waals surface area contributed by atoms with Crippen LogP contribution in [0.1, 0.15) is 16.7 Å². The number of aryl methyl sites for hydroxylation is 3. The first-order valence-electron chi connectivity index (χ1n) is 5.95. The summed E-state index contributed by atoms with van der Waals surface area (Å²) in [6.45, 7) is 6.07. The van der Waals surface area contributed by atoms with Gasteiger partial charge in [-0.2, -0.15) is 4.68 Å². The third-order valence-corrected chi connectivity index (χ3v) is 3.09. The monoisotopic (exact) mass is 255 g/mol. The van der Waals surface area contributed by atoms with Gasteiger partial charge in [-0.25, -0.2) is 4.98 Å². The quantitative estimate of drug-likeness (QED) is 0.713. The van der Waals surface area contributed by atoms with E-state index in [0.29, 0.717) is 5.65 Å². The zero-order chi connectivity index (χ0) is 13.6. The minimum Gasteiger partial charge on any atom is -0.311 e. The second kappa shape index (κ2) is 4.01. The van der Waals surface area contributed by atoms with E-state index in [1.165, 1.54) is 11.9 Å². The number of benzene rings is 1. The molecule has 0 atom stereocenters. The van der Waals surface area contributed by atoms with E-state index in [1.807, 2.05) is 20.8 Å². The molecule has 3 aromatic rings. The van der Waals surface area contributed by atoms with Crippen LogP contribution in [-0.2, 0) is 0 Å². The summed E-state index contributed by atoms with van der Waals surface area (Å²) in [7, 11) is 0. The highest BCUT2D eigenvalue weighted by Crippen LogP contribution is 2.21. The van der Waals surface area contributed by atoms with Crippen LogP contribution in [0.2, 0.25) is 0 Å². The Hall–Kier alpha value is -2.50. The van der Waals surface area contributed by atoms with Gasteiger partial charge < -0.3 is 4.98 Å². The summed E-state index contributed by atoms with van der Waals surface area (Å²) in [6, 6.07) is 4.14. The van der Waals surface area contributed by atoms with Gasteiger partial charge in [0.05, 0.1) is 12.0 Å². The minimum absolute atomic E-state index is 0.252. The lowest BCUT2D eigenvalue weighted by Crippen LogP contribution is -2.08. The first kappa shape index (κ1) is 11.6. The fraction of sp³-hybridized carbons (Fsp3) is 0.231. The van der Waals surface area contributed by atoms with E-state index >= 15 is 0 Å². The van der Waals surface area contributed by atoms with Crippen molar-refractivity contribution in [2.24, 2.45) is 0 Å². The lowest BCUT2D eigenvalue weighted by atomic mass is 10.1. The summed E-state index contributed by atoms with van der Waals surface area (Å²) in [6.07, 6.45) is 1.36. The van der Waals surface area contributed by atoms with E-state index in [0.717, 1.165) is 16.8 Å². The molecule has 0 unspecified atom stereocenters. The predicted molar refractivity (Wildman–Crippen MR) is 71.5 cm³/mol. The molecule has 0 amide bonds. The van der Waals surface area contributed by atoms with Crippen molar-refractivity contribution in [1.82, 2.24) is 25.0 Å². The molecule has 0 aliphatic carbocycles. The molecule has 6 nitrogen and oxygen atoms in total. The van der Waals surface area contributed by atoms with Crippen molar-refractivity contribution < 1.29 is 0 Å². The molecular formula is C13H13N5O. The van der Waals surface area contributed by atoms with E-state index in [2.05, 4.69) is 32.4 Å². The highest BCUT2D eigenvalue weighted by Gasteiger charge is 2.14. The zero-order valence-corrected chi connectivity index (χ0v) is 10.9. The SMILES string of the molecule is Cc1cc(C)c(-n2nnc3c(=O)[nH]cnc32)c(C)c1. The van der Waals surface area contributed by atoms with Crippen molar-refractivity contribution in [2.75, 3.05) is 0 Å². The maximum Gasteiger partial charge on any atom is 0.280 e. The van der Waals surface area contributed by atoms with Crippen LogP contribution in [0.25, 0.3) is 16.9 Å². The number of hydrogen-bond donors (Lipinski definition) is 1. The lowest BCUT2D eigenvalue weighted by molar-refractivity contribution is 0.806. The number of nitrogens with zero attached hydrogens (tertiary/aromatic N) is 4. The Morgan fingerprint density at radius 2 is 1.84 bits per heavy atom. The third kappa shape index (κ3) is 1.72. The van der Waals surface area contributed by atoms with E-state index < -0.39 is 0 Å². The lowest BCUT2D eigenvalue weighted by Gasteiger charge is -2.10. The van der Waals surface area contributed by atoms with Gasteiger partial charge in [0, 0.05) is 0 Å². The van der Waals surface area contributed by atoms with Crippen LogP contribution < -0.4 is 5.56 Å². The van der Waals surface area contributed by atoms with Gasteiger partial charge in [-0.15, -0.1) is 5.10 Å². The Morgan fingerprint density at radius 3 is 2.53 bits per heavy atom. The first-order chi connectivity index (χ1) is 9.08. The summed E-state index contributed by atoms with van der Waals surface area (Å²) in [4.78, 5) is 18.3. The van der Waals surface area contributed by atoms with Crippen LogP contribution in [0.15, 0.2) is 23.3 Å². The molecule has 0 spiro atoms. The highest BCUT2D eigenvalue weighted by atomic mass is 16.1. The molecule has 0 saturated heterocycles. The number of hydrogen-bond acceptors (Lipinski definition) is 4. The normalized spacial score (nSPS) is 11.1. The van der Waals surface area contributed by atoms with Gasteiger partial charge in [0.2, 0.25) is 0 Å². The van der Waals surface area contributed by atoms with Crippen LogP contribution in [-0.4, -0.2) is 25.0 Å². The van der Waals surface area contributed by atoms with Crippen molar-refractivity contribution >= 4 is 11.2 Å². The molecule has 1 aromatic carbocycles. The van der Waals surface area contributed by atoms with E-state index in [-0.39, 0.29) is 11.1 Å². The third-order valence-electron chi connectivity index (χ3n) is 3.09. The van der Waals surface area contributed by atoms with Crippen molar-refractivity contribution in [3.8, 4) is 5.69 Å². The first-order valence-corrected chi connectivity index (χ1v) is 5.95. The van der Waals surface area contributed by atoms with Crippen molar-refractivity contribution in [2.45, 2.75) is 20.8 Å². The molecule has 0 aliphatic rings. The topological polar surface area (TPSA) is 76.5 Å². The maximum absolute atomic E-state index is 11.6. The van der Waals surface area contributed by atoms with Gasteiger partial charge in [0.25, 0.3) is 5.56 Å². The maximum atomic E-state index is 11.6. The average molecular weight is 255 g/mol. The van der Waals surface area contributed by atoms with Crippen LogP contribution in [0.4, 0.5) is 0 Å². The fourth-order valence-electron chi connectivity index (χ4n) is 2.42. The number of fused-ring (bicyclic) bond motifs is 1. The molecule has 6 heteroatoms. The Kier molecular flexibility index (Phi) is 2.45. The molecule has 0 saturated carbocycles. The van der Waals surface area contributed by atoms with Gasteiger partial charge in [-0.1, -0.05) is 22.9 Å². The molecule has 96 valence electrons.